The van der Waals surface area contributed by atoms with Crippen molar-refractivity contribution >= 4 is 23.2 Å². The first-order valence-corrected chi connectivity index (χ1v) is 9.38. The molecule has 0 unspecified atom stereocenters. The normalized spacial score (nSPS) is 21.6. The molecule has 134 valence electrons. The predicted molar refractivity (Wildman–Crippen MR) is 96.2 cm³/mol. The van der Waals surface area contributed by atoms with Crippen LogP contribution >= 0.6 is 11.3 Å². The molecule has 1 aromatic heterocycles. The quantitative estimate of drug-likeness (QED) is 0.873. The molecule has 1 saturated heterocycles. The lowest BCUT2D eigenvalue weighted by Crippen LogP contribution is -2.50. The van der Waals surface area contributed by atoms with Gasteiger partial charge in [-0.3, -0.25) is 9.59 Å². The van der Waals surface area contributed by atoms with E-state index in [1.807, 2.05) is 32.9 Å². The van der Waals surface area contributed by atoms with Gasteiger partial charge in [0.2, 0.25) is 5.91 Å². The van der Waals surface area contributed by atoms with Crippen molar-refractivity contribution in [3.63, 3.8) is 0 Å². The molecule has 0 bridgehead atoms. The Kier molecular flexibility index (Phi) is 6.04. The van der Waals surface area contributed by atoms with E-state index in [1.54, 1.807) is 4.90 Å². The lowest BCUT2D eigenvalue weighted by Gasteiger charge is -2.36. The second kappa shape index (κ2) is 7.66. The highest BCUT2D eigenvalue weighted by molar-refractivity contribution is 7.14. The highest BCUT2D eigenvalue weighted by Crippen LogP contribution is 2.23. The van der Waals surface area contributed by atoms with Crippen molar-refractivity contribution in [3.05, 3.63) is 21.9 Å². The second-order valence-electron chi connectivity index (χ2n) is 7.45. The minimum atomic E-state index is -0.603. The van der Waals surface area contributed by atoms with Gasteiger partial charge >= 0.3 is 0 Å². The van der Waals surface area contributed by atoms with Crippen LogP contribution < -0.4 is 5.32 Å². The largest absolute Gasteiger partial charge is 0.391 e. The molecule has 0 spiro atoms. The van der Waals surface area contributed by atoms with E-state index in [0.29, 0.717) is 26.1 Å². The number of hydrogen-bond donors (Lipinski definition) is 2. The van der Waals surface area contributed by atoms with Gasteiger partial charge in [-0.15, -0.1) is 11.3 Å². The number of carbonyl (C=O) groups is 2. The molecular formula is C18H28N2O3S. The van der Waals surface area contributed by atoms with Crippen LogP contribution in [0.15, 0.2) is 12.1 Å². The summed E-state index contributed by atoms with van der Waals surface area (Å²) in [6.07, 6.45) is 1.02. The Hall–Kier alpha value is -1.40. The fraction of sp³-hybridized carbons (Fsp3) is 0.667. The predicted octanol–water partition coefficient (Wildman–Crippen LogP) is 2.30. The molecule has 2 rings (SSSR count). The molecular weight excluding hydrogens is 324 g/mol. The van der Waals surface area contributed by atoms with E-state index in [2.05, 4.69) is 12.2 Å². The summed E-state index contributed by atoms with van der Waals surface area (Å²) in [6, 6.07) is 3.86. The molecule has 1 aromatic rings. The Morgan fingerprint density at radius 2 is 2.08 bits per heavy atom. The third-order valence-electron chi connectivity index (χ3n) is 4.44. The molecule has 24 heavy (non-hydrogen) atoms. The molecule has 0 aromatic carbocycles. The van der Waals surface area contributed by atoms with Gasteiger partial charge in [-0.2, -0.15) is 0 Å². The van der Waals surface area contributed by atoms with Gasteiger partial charge in [0.1, 0.15) is 0 Å². The van der Waals surface area contributed by atoms with E-state index < -0.39 is 11.5 Å². The van der Waals surface area contributed by atoms with Crippen molar-refractivity contribution < 1.29 is 14.7 Å². The highest BCUT2D eigenvalue weighted by Gasteiger charge is 2.32. The molecule has 2 atom stereocenters. The summed E-state index contributed by atoms with van der Waals surface area (Å²) in [7, 11) is 0. The summed E-state index contributed by atoms with van der Waals surface area (Å²) in [4.78, 5) is 28.1. The number of aliphatic hydroxyl groups is 1. The molecule has 1 aliphatic heterocycles. The van der Waals surface area contributed by atoms with Gasteiger partial charge in [0, 0.05) is 35.8 Å². The van der Waals surface area contributed by atoms with Gasteiger partial charge in [0.05, 0.1) is 11.0 Å². The second-order valence-corrected chi connectivity index (χ2v) is 8.62. The Morgan fingerprint density at radius 1 is 1.38 bits per heavy atom. The summed E-state index contributed by atoms with van der Waals surface area (Å²) < 4.78 is 0. The average molecular weight is 353 g/mol. The van der Waals surface area contributed by atoms with Crippen LogP contribution in [0.1, 0.15) is 48.7 Å². The number of amides is 2. The maximum Gasteiger partial charge on any atom is 0.264 e. The van der Waals surface area contributed by atoms with Crippen LogP contribution in [0.4, 0.5) is 0 Å². The van der Waals surface area contributed by atoms with Crippen LogP contribution in [0.2, 0.25) is 0 Å². The van der Waals surface area contributed by atoms with E-state index >= 15 is 0 Å². The van der Waals surface area contributed by atoms with Crippen molar-refractivity contribution in [1.82, 2.24) is 10.2 Å². The summed E-state index contributed by atoms with van der Waals surface area (Å²) >= 11 is 1.52. The number of aryl methyl sites for hydroxylation is 1. The Labute approximate surface area is 148 Å². The lowest BCUT2D eigenvalue weighted by atomic mass is 9.92. The molecule has 2 heterocycles. The molecule has 6 heteroatoms. The van der Waals surface area contributed by atoms with Crippen LogP contribution in [0.3, 0.4) is 0 Å². The van der Waals surface area contributed by atoms with E-state index in [9.17, 15) is 14.7 Å². The number of β-amino-alcohol motifs (C(OH)–C–C–N with tert-alkyl or cyclic N) is 1. The van der Waals surface area contributed by atoms with Crippen LogP contribution in [-0.4, -0.2) is 47.6 Å². The van der Waals surface area contributed by atoms with Gasteiger partial charge in [0.25, 0.3) is 5.91 Å². The van der Waals surface area contributed by atoms with E-state index in [1.165, 1.54) is 16.2 Å². The zero-order chi connectivity index (χ0) is 17.9. The lowest BCUT2D eigenvalue weighted by molar-refractivity contribution is -0.129. The Balaban J connectivity index is 1.88. The summed E-state index contributed by atoms with van der Waals surface area (Å²) in [5.74, 6) is -0.0234. The standard InChI is InChI=1S/C18H28N2O3S/c1-5-13-6-7-15(24-13)16(22)20-9-8-12(14(21)11-20)10-19-17(23)18(2,3)4/h6-7,12,14,21H,5,8-11H2,1-4H3,(H,19,23)/t12-,14+/m0/s1. The minimum Gasteiger partial charge on any atom is -0.391 e. The third-order valence-corrected chi connectivity index (χ3v) is 5.65. The number of likely N-dealkylation sites (tertiary alicyclic amines) is 1. The number of piperidine rings is 1. The molecule has 0 aliphatic carbocycles. The number of thiophene rings is 1. The Morgan fingerprint density at radius 3 is 2.62 bits per heavy atom. The Bertz CT molecular complexity index is 591. The van der Waals surface area contributed by atoms with Crippen molar-refractivity contribution in [3.8, 4) is 0 Å². The summed E-state index contributed by atoms with van der Waals surface area (Å²) in [6.45, 7) is 9.07. The number of nitrogens with one attached hydrogen (secondary N) is 1. The maximum absolute atomic E-state index is 12.5. The number of carbonyl (C=O) groups excluding carboxylic acids is 2. The maximum atomic E-state index is 12.5. The first kappa shape index (κ1) is 18.9. The fourth-order valence-corrected chi connectivity index (χ4v) is 3.65. The first-order valence-electron chi connectivity index (χ1n) is 8.56. The molecule has 5 nitrogen and oxygen atoms in total. The summed E-state index contributed by atoms with van der Waals surface area (Å²) in [5.41, 5.74) is -0.433. The van der Waals surface area contributed by atoms with E-state index in [0.717, 1.165) is 11.3 Å². The first-order chi connectivity index (χ1) is 11.2. The van der Waals surface area contributed by atoms with Gasteiger partial charge in [0.15, 0.2) is 0 Å². The smallest absolute Gasteiger partial charge is 0.264 e. The van der Waals surface area contributed by atoms with Crippen LogP contribution in [-0.2, 0) is 11.2 Å². The van der Waals surface area contributed by atoms with E-state index in [4.69, 9.17) is 0 Å². The van der Waals surface area contributed by atoms with Crippen molar-refractivity contribution in [2.45, 2.75) is 46.6 Å². The number of nitrogens with zero attached hydrogens (tertiary/aromatic N) is 1. The molecule has 1 fully saturated rings. The fourth-order valence-electron chi connectivity index (χ4n) is 2.73. The zero-order valence-corrected chi connectivity index (χ0v) is 15.8. The van der Waals surface area contributed by atoms with Gasteiger partial charge < -0.3 is 15.3 Å². The van der Waals surface area contributed by atoms with Crippen LogP contribution in [0.5, 0.6) is 0 Å². The number of hydrogen-bond acceptors (Lipinski definition) is 4. The van der Waals surface area contributed by atoms with Crippen LogP contribution in [0.25, 0.3) is 0 Å². The third kappa shape index (κ3) is 4.57. The average Bonchev–Trinajstić information content (AvgIpc) is 3.00. The zero-order valence-electron chi connectivity index (χ0n) is 15.0. The molecule has 1 aliphatic rings. The molecule has 0 radical (unpaired) electrons. The van der Waals surface area contributed by atoms with E-state index in [-0.39, 0.29) is 17.7 Å². The SMILES string of the molecule is CCc1ccc(C(=O)N2CC[C@@H](CNC(=O)C(C)(C)C)[C@H](O)C2)s1. The molecule has 2 N–H and O–H groups in total. The van der Waals surface area contributed by atoms with Crippen molar-refractivity contribution in [2.24, 2.45) is 11.3 Å². The minimum absolute atomic E-state index is 0.00377. The number of aliphatic hydroxyl groups excluding tert-OH is 1. The van der Waals surface area contributed by atoms with Gasteiger partial charge in [-0.1, -0.05) is 27.7 Å². The van der Waals surface area contributed by atoms with Crippen LogP contribution in [0, 0.1) is 11.3 Å². The molecule has 0 saturated carbocycles. The van der Waals surface area contributed by atoms with Crippen molar-refractivity contribution in [1.29, 1.82) is 0 Å². The van der Waals surface area contributed by atoms with Gasteiger partial charge in [-0.05, 0) is 25.0 Å². The summed E-state index contributed by atoms with van der Waals surface area (Å²) in [5, 5.41) is 13.3. The topological polar surface area (TPSA) is 69.6 Å². The number of rotatable bonds is 4. The van der Waals surface area contributed by atoms with Gasteiger partial charge in [-0.25, -0.2) is 0 Å². The highest BCUT2D eigenvalue weighted by atomic mass is 32.1. The molecule has 2 amide bonds. The van der Waals surface area contributed by atoms with Crippen molar-refractivity contribution in [2.75, 3.05) is 19.6 Å². The monoisotopic (exact) mass is 352 g/mol.